The second kappa shape index (κ2) is 6.05. The maximum Gasteiger partial charge on any atom is 0.338 e. The first-order valence-electron chi connectivity index (χ1n) is 5.94. The smallest absolute Gasteiger partial charge is 0.338 e. The molecular weight excluding hydrogens is 325 g/mol. The van der Waals surface area contributed by atoms with Crippen molar-refractivity contribution in [2.45, 2.75) is 13.5 Å². The predicted molar refractivity (Wildman–Crippen MR) is 78.8 cm³/mol. The van der Waals surface area contributed by atoms with Crippen molar-refractivity contribution < 1.29 is 13.9 Å². The van der Waals surface area contributed by atoms with Crippen molar-refractivity contribution in [1.82, 2.24) is 0 Å². The van der Waals surface area contributed by atoms with Crippen LogP contribution in [0.25, 0.3) is 0 Å². The van der Waals surface area contributed by atoms with E-state index in [1.165, 1.54) is 6.07 Å². The van der Waals surface area contributed by atoms with Gasteiger partial charge in [0.05, 0.1) is 5.56 Å². The SMILES string of the molecule is Cc1ccc(C(=O)OCc2ccc(Br)cc2F)cc1N. The minimum Gasteiger partial charge on any atom is -0.457 e. The molecule has 20 heavy (non-hydrogen) atoms. The first-order valence-corrected chi connectivity index (χ1v) is 6.74. The number of hydrogen-bond donors (Lipinski definition) is 1. The Morgan fingerprint density at radius 3 is 2.70 bits per heavy atom. The molecule has 3 nitrogen and oxygen atoms in total. The van der Waals surface area contributed by atoms with Crippen LogP contribution in [0.2, 0.25) is 0 Å². The fraction of sp³-hybridized carbons (Fsp3) is 0.133. The largest absolute Gasteiger partial charge is 0.457 e. The molecule has 2 rings (SSSR count). The van der Waals surface area contributed by atoms with Gasteiger partial charge < -0.3 is 10.5 Å². The zero-order valence-electron chi connectivity index (χ0n) is 10.8. The molecule has 0 aliphatic carbocycles. The van der Waals surface area contributed by atoms with E-state index in [0.717, 1.165) is 5.56 Å². The van der Waals surface area contributed by atoms with Crippen LogP contribution in [0.15, 0.2) is 40.9 Å². The average molecular weight is 338 g/mol. The topological polar surface area (TPSA) is 52.3 Å². The first-order chi connectivity index (χ1) is 9.47. The summed E-state index contributed by atoms with van der Waals surface area (Å²) >= 11 is 3.17. The molecule has 5 heteroatoms. The van der Waals surface area contributed by atoms with E-state index in [9.17, 15) is 9.18 Å². The summed E-state index contributed by atoms with van der Waals surface area (Å²) in [6.07, 6.45) is 0. The van der Waals surface area contributed by atoms with E-state index in [0.29, 0.717) is 21.3 Å². The lowest BCUT2D eigenvalue weighted by Crippen LogP contribution is -2.07. The van der Waals surface area contributed by atoms with Gasteiger partial charge in [-0.15, -0.1) is 0 Å². The van der Waals surface area contributed by atoms with Gasteiger partial charge in [-0.1, -0.05) is 28.1 Å². The molecule has 0 spiro atoms. The highest BCUT2D eigenvalue weighted by atomic mass is 79.9. The lowest BCUT2D eigenvalue weighted by Gasteiger charge is -2.07. The van der Waals surface area contributed by atoms with Crippen molar-refractivity contribution in [1.29, 1.82) is 0 Å². The number of carbonyl (C=O) groups is 1. The molecule has 2 aromatic rings. The van der Waals surface area contributed by atoms with Crippen LogP contribution in [-0.2, 0) is 11.3 Å². The van der Waals surface area contributed by atoms with E-state index in [2.05, 4.69) is 15.9 Å². The van der Waals surface area contributed by atoms with Crippen molar-refractivity contribution >= 4 is 27.6 Å². The molecule has 0 fully saturated rings. The highest BCUT2D eigenvalue weighted by Gasteiger charge is 2.10. The summed E-state index contributed by atoms with van der Waals surface area (Å²) in [7, 11) is 0. The third-order valence-corrected chi connectivity index (χ3v) is 3.38. The maximum absolute atomic E-state index is 13.6. The van der Waals surface area contributed by atoms with Gasteiger partial charge in [0.1, 0.15) is 12.4 Å². The minimum absolute atomic E-state index is 0.119. The molecule has 0 radical (unpaired) electrons. The van der Waals surface area contributed by atoms with Gasteiger partial charge in [-0.05, 0) is 36.8 Å². The maximum atomic E-state index is 13.6. The Labute approximate surface area is 124 Å². The zero-order valence-corrected chi connectivity index (χ0v) is 12.4. The third-order valence-electron chi connectivity index (χ3n) is 2.89. The van der Waals surface area contributed by atoms with Gasteiger partial charge in [0.25, 0.3) is 0 Å². The van der Waals surface area contributed by atoms with Gasteiger partial charge in [0.2, 0.25) is 0 Å². The molecule has 104 valence electrons. The lowest BCUT2D eigenvalue weighted by atomic mass is 10.1. The Morgan fingerprint density at radius 2 is 2.05 bits per heavy atom. The van der Waals surface area contributed by atoms with Gasteiger partial charge in [-0.25, -0.2) is 9.18 Å². The minimum atomic E-state index is -0.529. The number of rotatable bonds is 3. The molecule has 2 aromatic carbocycles. The Balaban J connectivity index is 2.06. The molecule has 0 bridgehead atoms. The fourth-order valence-corrected chi connectivity index (χ4v) is 1.97. The molecule has 0 amide bonds. The summed E-state index contributed by atoms with van der Waals surface area (Å²) in [4.78, 5) is 11.9. The van der Waals surface area contributed by atoms with Crippen LogP contribution in [0.3, 0.4) is 0 Å². The summed E-state index contributed by atoms with van der Waals surface area (Å²) in [5, 5.41) is 0. The van der Waals surface area contributed by atoms with Gasteiger partial charge >= 0.3 is 5.97 Å². The lowest BCUT2D eigenvalue weighted by molar-refractivity contribution is 0.0469. The van der Waals surface area contributed by atoms with E-state index in [-0.39, 0.29) is 6.61 Å². The molecule has 0 aromatic heterocycles. The summed E-state index contributed by atoms with van der Waals surface area (Å²) in [5.41, 5.74) is 7.82. The number of nitrogens with two attached hydrogens (primary N) is 1. The van der Waals surface area contributed by atoms with Crippen molar-refractivity contribution in [3.63, 3.8) is 0 Å². The number of benzene rings is 2. The van der Waals surface area contributed by atoms with Gasteiger partial charge in [0, 0.05) is 15.7 Å². The standard InChI is InChI=1S/C15H13BrFNO2/c1-9-2-3-10(6-14(9)18)15(19)20-8-11-4-5-12(16)7-13(11)17/h2-7H,8,18H2,1H3. The Morgan fingerprint density at radius 1 is 1.30 bits per heavy atom. The third kappa shape index (κ3) is 3.36. The van der Waals surface area contributed by atoms with Crippen LogP contribution >= 0.6 is 15.9 Å². The van der Waals surface area contributed by atoms with E-state index in [1.54, 1.807) is 30.3 Å². The monoisotopic (exact) mass is 337 g/mol. The normalized spacial score (nSPS) is 10.3. The highest BCUT2D eigenvalue weighted by Crippen LogP contribution is 2.18. The van der Waals surface area contributed by atoms with Crippen LogP contribution in [0.1, 0.15) is 21.5 Å². The Kier molecular flexibility index (Phi) is 4.39. The van der Waals surface area contributed by atoms with Crippen molar-refractivity contribution in [3.8, 4) is 0 Å². The van der Waals surface area contributed by atoms with E-state index in [1.807, 2.05) is 6.92 Å². The molecule has 0 saturated carbocycles. The molecule has 0 unspecified atom stereocenters. The quantitative estimate of drug-likeness (QED) is 0.683. The second-order valence-electron chi connectivity index (χ2n) is 4.38. The molecule has 0 atom stereocenters. The molecule has 0 saturated heterocycles. The number of aryl methyl sites for hydroxylation is 1. The number of esters is 1. The van der Waals surface area contributed by atoms with Crippen molar-refractivity contribution in [2.24, 2.45) is 0 Å². The summed E-state index contributed by atoms with van der Waals surface area (Å²) in [5.74, 6) is -0.949. The van der Waals surface area contributed by atoms with Gasteiger partial charge in [0.15, 0.2) is 0 Å². The Hall–Kier alpha value is -1.88. The van der Waals surface area contributed by atoms with Crippen LogP contribution in [-0.4, -0.2) is 5.97 Å². The molecule has 0 heterocycles. The highest BCUT2D eigenvalue weighted by molar-refractivity contribution is 9.10. The molecule has 0 aliphatic rings. The van der Waals surface area contributed by atoms with Crippen LogP contribution in [0, 0.1) is 12.7 Å². The van der Waals surface area contributed by atoms with Gasteiger partial charge in [-0.3, -0.25) is 0 Å². The predicted octanol–water partition coefficient (Wildman–Crippen LogP) is 3.84. The second-order valence-corrected chi connectivity index (χ2v) is 5.30. The number of anilines is 1. The summed E-state index contributed by atoms with van der Waals surface area (Å²) in [6, 6.07) is 9.51. The zero-order chi connectivity index (χ0) is 14.7. The van der Waals surface area contributed by atoms with Gasteiger partial charge in [-0.2, -0.15) is 0 Å². The summed E-state index contributed by atoms with van der Waals surface area (Å²) < 4.78 is 19.3. The van der Waals surface area contributed by atoms with E-state index < -0.39 is 11.8 Å². The molecular formula is C15H13BrFNO2. The van der Waals surface area contributed by atoms with Crippen molar-refractivity contribution in [3.05, 3.63) is 63.4 Å². The number of nitrogen functional groups attached to an aromatic ring is 1. The van der Waals surface area contributed by atoms with E-state index in [4.69, 9.17) is 10.5 Å². The Bertz CT molecular complexity index is 658. The molecule has 2 N–H and O–H groups in total. The summed E-state index contributed by atoms with van der Waals surface area (Å²) in [6.45, 7) is 1.73. The average Bonchev–Trinajstić information content (AvgIpc) is 2.40. The number of hydrogen-bond acceptors (Lipinski definition) is 3. The van der Waals surface area contributed by atoms with Crippen LogP contribution < -0.4 is 5.73 Å². The number of halogens is 2. The van der Waals surface area contributed by atoms with Crippen LogP contribution in [0.5, 0.6) is 0 Å². The van der Waals surface area contributed by atoms with Crippen molar-refractivity contribution in [2.75, 3.05) is 5.73 Å². The number of carbonyl (C=O) groups excluding carboxylic acids is 1. The fourth-order valence-electron chi connectivity index (χ4n) is 1.63. The van der Waals surface area contributed by atoms with E-state index >= 15 is 0 Å². The number of ether oxygens (including phenoxy) is 1. The molecule has 0 aliphatic heterocycles. The first kappa shape index (κ1) is 14.5. The van der Waals surface area contributed by atoms with Crippen LogP contribution in [0.4, 0.5) is 10.1 Å².